The Labute approximate surface area is 188 Å². The first-order chi connectivity index (χ1) is 14.8. The van der Waals surface area contributed by atoms with Crippen molar-refractivity contribution >= 4 is 29.1 Å². The molecule has 3 aromatic rings. The molecule has 0 aliphatic heterocycles. The molecule has 0 heterocycles. The number of carbonyl (C=O) groups excluding carboxylic acids is 1. The predicted octanol–water partition coefficient (Wildman–Crippen LogP) is 4.55. The minimum absolute atomic E-state index is 0.0219. The van der Waals surface area contributed by atoms with Crippen molar-refractivity contribution < 1.29 is 19.4 Å². The molecule has 0 aliphatic carbocycles. The third kappa shape index (κ3) is 5.22. The lowest BCUT2D eigenvalue weighted by atomic mass is 9.91. The molecule has 158 valence electrons. The van der Waals surface area contributed by atoms with Gasteiger partial charge in [-0.3, -0.25) is 4.79 Å². The third-order valence-corrected chi connectivity index (χ3v) is 5.21. The first-order valence-electron chi connectivity index (χ1n) is 9.18. The van der Waals surface area contributed by atoms with E-state index in [1.54, 1.807) is 42.5 Å². The van der Waals surface area contributed by atoms with E-state index in [0.29, 0.717) is 26.7 Å². The van der Waals surface area contributed by atoms with E-state index >= 15 is 0 Å². The zero-order valence-corrected chi connectivity index (χ0v) is 17.5. The zero-order valence-electron chi connectivity index (χ0n) is 16.0. The van der Waals surface area contributed by atoms with Gasteiger partial charge in [0.25, 0.3) is 5.91 Å². The highest BCUT2D eigenvalue weighted by atomic mass is 35.5. The highest BCUT2D eigenvalue weighted by Crippen LogP contribution is 2.32. The molecule has 0 fully saturated rings. The predicted molar refractivity (Wildman–Crippen MR) is 115 cm³/mol. The van der Waals surface area contributed by atoms with Crippen LogP contribution in [0.3, 0.4) is 0 Å². The summed E-state index contributed by atoms with van der Waals surface area (Å²) in [5, 5.41) is 32.3. The van der Waals surface area contributed by atoms with Crippen LogP contribution in [0.1, 0.15) is 44.8 Å². The van der Waals surface area contributed by atoms with Crippen molar-refractivity contribution in [1.82, 2.24) is 5.32 Å². The average Bonchev–Trinajstić information content (AvgIpc) is 2.77. The molecule has 0 saturated heterocycles. The summed E-state index contributed by atoms with van der Waals surface area (Å²) in [7, 11) is 0. The van der Waals surface area contributed by atoms with E-state index in [2.05, 4.69) is 5.32 Å². The van der Waals surface area contributed by atoms with Gasteiger partial charge in [0.2, 0.25) is 0 Å². The van der Waals surface area contributed by atoms with Gasteiger partial charge in [0.15, 0.2) is 0 Å². The van der Waals surface area contributed by atoms with Gasteiger partial charge in [-0.25, -0.2) is 4.39 Å². The van der Waals surface area contributed by atoms with Gasteiger partial charge in [0.05, 0.1) is 18.2 Å². The molecule has 3 rings (SSSR count). The van der Waals surface area contributed by atoms with E-state index < -0.39 is 30.5 Å². The number of nitriles is 1. The maximum Gasteiger partial charge on any atom is 0.252 e. The van der Waals surface area contributed by atoms with Crippen LogP contribution >= 0.6 is 23.2 Å². The SMILES string of the molecule is N#Cc1ccc(C(=O)NC(c2ccc(Cl)cc2)c2ccc(Cl)cc2C(O)CO)cc1F. The number of benzene rings is 3. The number of aliphatic hydroxyl groups excluding tert-OH is 2. The highest BCUT2D eigenvalue weighted by molar-refractivity contribution is 6.30. The molecule has 0 aromatic heterocycles. The molecule has 3 aromatic carbocycles. The second kappa shape index (κ2) is 9.90. The Hall–Kier alpha value is -2.95. The standard InChI is InChI=1S/C23H17Cl2FN2O3/c24-16-5-3-13(4-6-16)22(18-8-7-17(25)10-19(18)21(30)12-29)28-23(31)14-1-2-15(11-27)20(26)9-14/h1-10,21-22,29-30H,12H2,(H,28,31). The number of hydrogen-bond acceptors (Lipinski definition) is 4. The quantitative estimate of drug-likeness (QED) is 0.504. The largest absolute Gasteiger partial charge is 0.393 e. The monoisotopic (exact) mass is 458 g/mol. The lowest BCUT2D eigenvalue weighted by molar-refractivity contribution is 0.0919. The number of halogens is 3. The fourth-order valence-electron chi connectivity index (χ4n) is 3.15. The normalized spacial score (nSPS) is 12.6. The molecule has 0 radical (unpaired) electrons. The minimum Gasteiger partial charge on any atom is -0.393 e. The summed E-state index contributed by atoms with van der Waals surface area (Å²) >= 11 is 12.1. The topological polar surface area (TPSA) is 93.4 Å². The number of hydrogen-bond donors (Lipinski definition) is 3. The maximum absolute atomic E-state index is 14.0. The molecule has 0 aliphatic rings. The lowest BCUT2D eigenvalue weighted by Gasteiger charge is -2.24. The molecule has 0 saturated carbocycles. The molecule has 31 heavy (non-hydrogen) atoms. The van der Waals surface area contributed by atoms with Crippen LogP contribution in [-0.4, -0.2) is 22.7 Å². The smallest absolute Gasteiger partial charge is 0.252 e. The van der Waals surface area contributed by atoms with Crippen molar-refractivity contribution in [2.75, 3.05) is 6.61 Å². The third-order valence-electron chi connectivity index (χ3n) is 4.72. The number of carbonyl (C=O) groups is 1. The molecule has 0 bridgehead atoms. The van der Waals surface area contributed by atoms with Crippen molar-refractivity contribution in [2.45, 2.75) is 12.1 Å². The number of amides is 1. The Morgan fingerprint density at radius 1 is 1.03 bits per heavy atom. The van der Waals surface area contributed by atoms with Crippen LogP contribution < -0.4 is 5.32 Å². The molecule has 8 heteroatoms. The Morgan fingerprint density at radius 3 is 2.32 bits per heavy atom. The first kappa shape index (κ1) is 22.7. The molecule has 3 N–H and O–H groups in total. The van der Waals surface area contributed by atoms with Crippen molar-refractivity contribution in [2.24, 2.45) is 0 Å². The van der Waals surface area contributed by atoms with Crippen LogP contribution in [0.5, 0.6) is 0 Å². The van der Waals surface area contributed by atoms with Crippen molar-refractivity contribution in [3.05, 3.63) is 104 Å². The summed E-state index contributed by atoms with van der Waals surface area (Å²) in [6.45, 7) is -0.546. The van der Waals surface area contributed by atoms with Gasteiger partial charge in [-0.2, -0.15) is 5.26 Å². The average molecular weight is 459 g/mol. The molecule has 5 nitrogen and oxygen atoms in total. The van der Waals surface area contributed by atoms with E-state index in [0.717, 1.165) is 6.07 Å². The van der Waals surface area contributed by atoms with E-state index in [1.165, 1.54) is 18.2 Å². The highest BCUT2D eigenvalue weighted by Gasteiger charge is 2.24. The van der Waals surface area contributed by atoms with E-state index in [9.17, 15) is 19.4 Å². The summed E-state index contributed by atoms with van der Waals surface area (Å²) in [4.78, 5) is 12.9. The van der Waals surface area contributed by atoms with Crippen molar-refractivity contribution in [3.8, 4) is 6.07 Å². The minimum atomic E-state index is -1.23. The second-order valence-corrected chi connectivity index (χ2v) is 7.61. The summed E-state index contributed by atoms with van der Waals surface area (Å²) < 4.78 is 14.0. The number of nitrogens with zero attached hydrogens (tertiary/aromatic N) is 1. The molecule has 0 spiro atoms. The first-order valence-corrected chi connectivity index (χ1v) is 9.94. The molecule has 2 unspecified atom stereocenters. The summed E-state index contributed by atoms with van der Waals surface area (Å²) in [5.41, 5.74) is 1.32. The van der Waals surface area contributed by atoms with Crippen molar-refractivity contribution in [1.29, 1.82) is 5.26 Å². The summed E-state index contributed by atoms with van der Waals surface area (Å²) in [5.74, 6) is -1.40. The second-order valence-electron chi connectivity index (χ2n) is 6.74. The van der Waals surface area contributed by atoms with E-state index in [-0.39, 0.29) is 11.1 Å². The molecular weight excluding hydrogens is 442 g/mol. The molecule has 2 atom stereocenters. The maximum atomic E-state index is 14.0. The summed E-state index contributed by atoms with van der Waals surface area (Å²) in [6, 6.07) is 15.9. The van der Waals surface area contributed by atoms with Gasteiger partial charge in [0.1, 0.15) is 18.0 Å². The van der Waals surface area contributed by atoms with Gasteiger partial charge in [0, 0.05) is 15.6 Å². The summed E-state index contributed by atoms with van der Waals surface area (Å²) in [6.07, 6.45) is -1.23. The van der Waals surface area contributed by atoms with Gasteiger partial charge in [-0.15, -0.1) is 0 Å². The van der Waals surface area contributed by atoms with Crippen LogP contribution in [0, 0.1) is 17.1 Å². The van der Waals surface area contributed by atoms with Gasteiger partial charge < -0.3 is 15.5 Å². The number of rotatable bonds is 6. The van der Waals surface area contributed by atoms with Crippen LogP contribution in [0.4, 0.5) is 4.39 Å². The van der Waals surface area contributed by atoms with Gasteiger partial charge >= 0.3 is 0 Å². The number of nitrogens with one attached hydrogen (secondary N) is 1. The van der Waals surface area contributed by atoms with Crippen LogP contribution in [0.2, 0.25) is 10.0 Å². The number of aliphatic hydroxyl groups is 2. The van der Waals surface area contributed by atoms with Crippen LogP contribution in [0.25, 0.3) is 0 Å². The Balaban J connectivity index is 2.06. The Kier molecular flexibility index (Phi) is 7.26. The lowest BCUT2D eigenvalue weighted by Crippen LogP contribution is -2.30. The molecular formula is C23H17Cl2FN2O3. The van der Waals surface area contributed by atoms with Crippen molar-refractivity contribution in [3.63, 3.8) is 0 Å². The van der Waals surface area contributed by atoms with Gasteiger partial charge in [-0.1, -0.05) is 41.4 Å². The van der Waals surface area contributed by atoms with E-state index in [1.807, 2.05) is 0 Å². The fourth-order valence-corrected chi connectivity index (χ4v) is 3.46. The zero-order chi connectivity index (χ0) is 22.5. The fraction of sp³-hybridized carbons (Fsp3) is 0.130. The Bertz CT molecular complexity index is 1150. The van der Waals surface area contributed by atoms with Gasteiger partial charge in [-0.05, 0) is 59.2 Å². The van der Waals surface area contributed by atoms with Crippen LogP contribution in [0.15, 0.2) is 60.7 Å². The Morgan fingerprint density at radius 2 is 1.71 bits per heavy atom. The van der Waals surface area contributed by atoms with E-state index in [4.69, 9.17) is 28.5 Å². The van der Waals surface area contributed by atoms with Crippen LogP contribution in [-0.2, 0) is 0 Å². The molecule has 1 amide bonds.